The predicted octanol–water partition coefficient (Wildman–Crippen LogP) is 3.48. The van der Waals surface area contributed by atoms with E-state index in [1.165, 1.54) is 113 Å². The van der Waals surface area contributed by atoms with Crippen LogP contribution in [0.4, 0.5) is 0 Å². The summed E-state index contributed by atoms with van der Waals surface area (Å²) < 4.78 is 2.75. The van der Waals surface area contributed by atoms with E-state index in [4.69, 9.17) is 5.73 Å². The summed E-state index contributed by atoms with van der Waals surface area (Å²) in [7, 11) is 0. The third-order valence-electron chi connectivity index (χ3n) is 6.55. The van der Waals surface area contributed by atoms with Gasteiger partial charge in [-0.2, -0.15) is 0 Å². The smallest absolute Gasteiger partial charge is 0.0783 e. The van der Waals surface area contributed by atoms with Gasteiger partial charge in [0.25, 0.3) is 0 Å². The normalized spacial score (nSPS) is 12.1. The van der Waals surface area contributed by atoms with Crippen LogP contribution in [0.15, 0.2) is 0 Å². The third-order valence-corrected chi connectivity index (χ3v) is 6.55. The number of aliphatic carboxylic acids is 2. The maximum absolute atomic E-state index is 9.86. The molecule has 0 aromatic rings. The topological polar surface area (TPSA) is 106 Å². The Morgan fingerprint density at radius 2 is 0.778 bits per heavy atom. The second-order valence-electron chi connectivity index (χ2n) is 10.3. The van der Waals surface area contributed by atoms with Gasteiger partial charge in [-0.25, -0.2) is 0 Å². The van der Waals surface area contributed by atoms with E-state index in [0.29, 0.717) is 0 Å². The molecule has 0 unspecified atom stereocenters. The number of quaternary nitrogens is 2. The van der Waals surface area contributed by atoms with Gasteiger partial charge in [0.2, 0.25) is 0 Å². The quantitative estimate of drug-likeness (QED) is 0.249. The summed E-state index contributed by atoms with van der Waals surface area (Å²) in [6.45, 7) is 29.6. The Labute approximate surface area is 224 Å². The predicted molar refractivity (Wildman–Crippen MR) is 149 cm³/mol. The van der Waals surface area contributed by atoms with Gasteiger partial charge in [-0.05, 0) is 64.2 Å². The number of carbonyl (C=O) groups is 2. The Hall–Kier alpha value is -1.18. The summed E-state index contributed by atoms with van der Waals surface area (Å²) in [5.41, 5.74) is 4.91. The summed E-state index contributed by atoms with van der Waals surface area (Å²) in [6, 6.07) is -1.21. The lowest BCUT2D eigenvalue weighted by atomic mass is 10.2. The monoisotopic (exact) mass is 517 g/mol. The number of nitrogens with two attached hydrogens (primary N) is 1. The molecule has 0 heterocycles. The van der Waals surface area contributed by atoms with Crippen LogP contribution in [0.5, 0.6) is 0 Å². The van der Waals surface area contributed by atoms with Gasteiger partial charge < -0.3 is 34.5 Å². The first-order valence-electron chi connectivity index (χ1n) is 14.9. The molecule has 0 aliphatic carbocycles. The molecule has 0 amide bonds. The highest BCUT2D eigenvalue weighted by Gasteiger charge is 2.23. The van der Waals surface area contributed by atoms with Crippen LogP contribution < -0.4 is 15.9 Å². The molecule has 0 aliphatic rings. The molecule has 0 spiro atoms. The summed E-state index contributed by atoms with van der Waals surface area (Å²) in [6.07, 6.45) is 10.2. The first kappa shape index (κ1) is 39.3. The van der Waals surface area contributed by atoms with Crippen molar-refractivity contribution in [3.63, 3.8) is 0 Å². The van der Waals surface area contributed by atoms with Gasteiger partial charge in [0, 0.05) is 12.0 Å². The molecule has 0 aromatic carbocycles. The molecular weight excluding hydrogens is 454 g/mol. The van der Waals surface area contributed by atoms with E-state index in [-0.39, 0.29) is 12.8 Å². The molecule has 0 aliphatic heterocycles. The molecule has 1 atom stereocenters. The van der Waals surface area contributed by atoms with Crippen molar-refractivity contribution < 1.29 is 28.8 Å². The fraction of sp³-hybridized carbons (Fsp3) is 0.931. The van der Waals surface area contributed by atoms with Crippen LogP contribution in [-0.4, -0.2) is 79.3 Å². The third kappa shape index (κ3) is 21.0. The molecule has 0 bridgehead atoms. The summed E-state index contributed by atoms with van der Waals surface area (Å²) in [5, 5.41) is 19.6. The summed E-state index contributed by atoms with van der Waals surface area (Å²) in [4.78, 5) is 19.6. The van der Waals surface area contributed by atoms with Crippen molar-refractivity contribution >= 4 is 11.9 Å². The Balaban J connectivity index is -0.000000459. The van der Waals surface area contributed by atoms with E-state index in [2.05, 4.69) is 55.4 Å². The SMILES string of the molecule is CCC[N+](CCC)(CCC)CCC.CCC[N+](CCC)(CCC)CCC.N[C@@H](CCC(=O)[O-])C(=O)[O-]. The van der Waals surface area contributed by atoms with Crippen molar-refractivity contribution in [1.82, 2.24) is 0 Å². The molecule has 0 aromatic heterocycles. The lowest BCUT2D eigenvalue weighted by Crippen LogP contribution is -2.50. The summed E-state index contributed by atoms with van der Waals surface area (Å²) in [5.74, 6) is -2.75. The van der Waals surface area contributed by atoms with Gasteiger partial charge in [0.15, 0.2) is 0 Å². The minimum atomic E-state index is -1.44. The first-order chi connectivity index (χ1) is 17.0. The van der Waals surface area contributed by atoms with Crippen LogP contribution in [0, 0.1) is 0 Å². The van der Waals surface area contributed by atoms with Crippen molar-refractivity contribution in [2.24, 2.45) is 5.73 Å². The van der Waals surface area contributed by atoms with Gasteiger partial charge in [-0.15, -0.1) is 0 Å². The standard InChI is InChI=1S/2C12H28N.C5H9NO4/c2*1-5-9-13(10-6-2,11-7-3)12-8-4;6-3(5(9)10)1-2-4(7)8/h2*5-12H2,1-4H3;3H,1-2,6H2,(H,7,8)(H,9,10)/q2*+1;/p-2/t;;3-/m..0/s1. The number of hydrogen-bond acceptors (Lipinski definition) is 5. The number of nitrogens with zero attached hydrogens (tertiary/aromatic N) is 2. The second-order valence-corrected chi connectivity index (χ2v) is 10.3. The number of carbonyl (C=O) groups excluding carboxylic acids is 2. The fourth-order valence-corrected chi connectivity index (χ4v) is 5.53. The molecule has 0 saturated carbocycles. The maximum atomic E-state index is 9.86. The lowest BCUT2D eigenvalue weighted by Gasteiger charge is -2.38. The first-order valence-corrected chi connectivity index (χ1v) is 14.9. The van der Waals surface area contributed by atoms with Crippen molar-refractivity contribution in [3.8, 4) is 0 Å². The lowest BCUT2D eigenvalue weighted by molar-refractivity contribution is -0.928. The largest absolute Gasteiger partial charge is 0.550 e. The Bertz CT molecular complexity index is 428. The minimum Gasteiger partial charge on any atom is -0.550 e. The van der Waals surface area contributed by atoms with E-state index >= 15 is 0 Å². The average Bonchev–Trinajstić information content (AvgIpc) is 2.79. The van der Waals surface area contributed by atoms with E-state index < -0.39 is 18.0 Å². The molecule has 0 rings (SSSR count). The van der Waals surface area contributed by atoms with Crippen molar-refractivity contribution in [1.29, 1.82) is 0 Å². The van der Waals surface area contributed by atoms with Gasteiger partial charge in [0.05, 0.1) is 58.3 Å². The van der Waals surface area contributed by atoms with Crippen LogP contribution in [0.3, 0.4) is 0 Å². The van der Waals surface area contributed by atoms with Crippen LogP contribution in [0.25, 0.3) is 0 Å². The van der Waals surface area contributed by atoms with Crippen LogP contribution in [0.1, 0.15) is 120 Å². The molecule has 36 heavy (non-hydrogen) atoms. The molecule has 7 nitrogen and oxygen atoms in total. The molecular formula is C29H63N3O4. The molecule has 2 N–H and O–H groups in total. The molecule has 0 fully saturated rings. The van der Waals surface area contributed by atoms with E-state index in [9.17, 15) is 19.8 Å². The maximum Gasteiger partial charge on any atom is 0.0783 e. The van der Waals surface area contributed by atoms with Crippen molar-refractivity contribution in [2.45, 2.75) is 126 Å². The Morgan fingerprint density at radius 3 is 0.917 bits per heavy atom. The van der Waals surface area contributed by atoms with Gasteiger partial charge >= 0.3 is 0 Å². The highest BCUT2D eigenvalue weighted by molar-refractivity contribution is 5.72. The molecule has 218 valence electrons. The molecule has 0 saturated heterocycles. The van der Waals surface area contributed by atoms with Gasteiger partial charge in [0.1, 0.15) is 0 Å². The van der Waals surface area contributed by atoms with Gasteiger partial charge in [-0.3, -0.25) is 0 Å². The van der Waals surface area contributed by atoms with Crippen molar-refractivity contribution in [2.75, 3.05) is 52.4 Å². The molecule has 0 radical (unpaired) electrons. The Kier molecular flexibility index (Phi) is 27.8. The number of carboxylic acids is 2. The number of hydrogen-bond donors (Lipinski definition) is 1. The van der Waals surface area contributed by atoms with E-state index in [1.807, 2.05) is 0 Å². The van der Waals surface area contributed by atoms with Gasteiger partial charge in [-0.1, -0.05) is 55.4 Å². The highest BCUT2D eigenvalue weighted by atomic mass is 16.4. The van der Waals surface area contributed by atoms with Crippen LogP contribution in [0.2, 0.25) is 0 Å². The molecule has 7 heteroatoms. The zero-order valence-electron chi connectivity index (χ0n) is 25.4. The van der Waals surface area contributed by atoms with E-state index in [1.54, 1.807) is 0 Å². The summed E-state index contributed by atoms with van der Waals surface area (Å²) >= 11 is 0. The Morgan fingerprint density at radius 1 is 0.556 bits per heavy atom. The number of carboxylic acid groups (broad SMARTS) is 2. The fourth-order valence-electron chi connectivity index (χ4n) is 5.53. The highest BCUT2D eigenvalue weighted by Crippen LogP contribution is 2.13. The zero-order valence-corrected chi connectivity index (χ0v) is 25.4. The minimum absolute atomic E-state index is 0.148. The average molecular weight is 518 g/mol. The van der Waals surface area contributed by atoms with E-state index in [0.717, 1.165) is 0 Å². The number of rotatable bonds is 20. The second kappa shape index (κ2) is 25.5. The van der Waals surface area contributed by atoms with Crippen LogP contribution >= 0.6 is 0 Å². The zero-order chi connectivity index (χ0) is 28.5. The van der Waals surface area contributed by atoms with Crippen molar-refractivity contribution in [3.05, 3.63) is 0 Å². The van der Waals surface area contributed by atoms with Crippen LogP contribution in [-0.2, 0) is 9.59 Å².